The number of phenols is 1. The molecule has 5 atom stereocenters. The molecule has 1 aromatic carbocycles. The number of carbonyl (C=O) groups is 2. The van der Waals surface area contributed by atoms with E-state index in [-0.39, 0.29) is 17.2 Å². The van der Waals surface area contributed by atoms with Crippen LogP contribution in [-0.2, 0) is 23.8 Å². The first-order valence-corrected chi connectivity index (χ1v) is 9.82. The summed E-state index contributed by atoms with van der Waals surface area (Å²) in [6.45, 7) is 1.91. The molecule has 5 N–H and O–H groups in total. The first-order chi connectivity index (χ1) is 15.4. The van der Waals surface area contributed by atoms with E-state index in [1.54, 1.807) is 0 Å². The Hall–Kier alpha value is -2.90. The molecule has 0 spiro atoms. The van der Waals surface area contributed by atoms with Gasteiger partial charge in [0.2, 0.25) is 5.75 Å². The summed E-state index contributed by atoms with van der Waals surface area (Å²) >= 11 is 0. The van der Waals surface area contributed by atoms with Gasteiger partial charge in [-0.05, 0) is 37.6 Å². The van der Waals surface area contributed by atoms with E-state index in [0.717, 1.165) is 6.08 Å². The largest absolute Gasteiger partial charge is 0.502 e. The summed E-state index contributed by atoms with van der Waals surface area (Å²) in [7, 11) is 2.71. The van der Waals surface area contributed by atoms with Gasteiger partial charge in [-0.15, -0.1) is 0 Å². The number of carboxylic acid groups (broad SMARTS) is 1. The number of methoxy groups -OCH3 is 2. The maximum absolute atomic E-state index is 12.1. The summed E-state index contributed by atoms with van der Waals surface area (Å²) in [5.41, 5.74) is -1.31. The number of esters is 1. The molecule has 0 aliphatic carbocycles. The molecular formula is C21H28O12. The number of carbonyl (C=O) groups excluding carboxylic acids is 1. The van der Waals surface area contributed by atoms with Crippen molar-refractivity contribution < 1.29 is 58.8 Å². The summed E-state index contributed by atoms with van der Waals surface area (Å²) in [6.07, 6.45) is -5.56. The van der Waals surface area contributed by atoms with Crippen molar-refractivity contribution in [2.24, 2.45) is 0 Å². The molecular weight excluding hydrogens is 444 g/mol. The van der Waals surface area contributed by atoms with Gasteiger partial charge >= 0.3 is 11.9 Å². The van der Waals surface area contributed by atoms with E-state index < -0.39 is 54.9 Å². The quantitative estimate of drug-likeness (QED) is 0.233. The highest BCUT2D eigenvalue weighted by molar-refractivity contribution is 5.87. The third kappa shape index (κ3) is 6.33. The number of benzene rings is 1. The van der Waals surface area contributed by atoms with E-state index in [4.69, 9.17) is 23.7 Å². The van der Waals surface area contributed by atoms with Crippen molar-refractivity contribution in [2.75, 3.05) is 20.8 Å². The number of aliphatic carboxylic acids is 1. The average molecular weight is 472 g/mol. The highest BCUT2D eigenvalue weighted by atomic mass is 16.7. The Morgan fingerprint density at radius 3 is 2.15 bits per heavy atom. The van der Waals surface area contributed by atoms with Crippen LogP contribution in [0.4, 0.5) is 0 Å². The van der Waals surface area contributed by atoms with Crippen molar-refractivity contribution in [3.8, 4) is 17.2 Å². The van der Waals surface area contributed by atoms with Gasteiger partial charge < -0.3 is 49.2 Å². The van der Waals surface area contributed by atoms with Crippen molar-refractivity contribution in [3.05, 3.63) is 23.8 Å². The fraction of sp³-hybridized carbons (Fsp3) is 0.524. The molecule has 184 valence electrons. The molecule has 1 aromatic rings. The van der Waals surface area contributed by atoms with Crippen LogP contribution in [0.3, 0.4) is 0 Å². The number of phenolic OH excluding ortho intramolecular Hbond substituents is 1. The van der Waals surface area contributed by atoms with Crippen LogP contribution >= 0.6 is 0 Å². The number of ether oxygens (including phenoxy) is 5. The van der Waals surface area contributed by atoms with Crippen LogP contribution in [0.15, 0.2) is 18.2 Å². The highest BCUT2D eigenvalue weighted by Gasteiger charge is 2.47. The molecule has 0 amide bonds. The Morgan fingerprint density at radius 1 is 1.06 bits per heavy atom. The molecule has 0 unspecified atom stereocenters. The number of hydrogen-bond donors (Lipinski definition) is 5. The maximum atomic E-state index is 12.1. The SMILES string of the molecule is COc1cc(/C=C/C(=O)OC[C@H]2O[C@@H](OC(C)(C)C(=O)O)[C@H](O)[C@@H](O)[C@@H]2O)cc(OC)c1O. The molecule has 0 saturated carbocycles. The van der Waals surface area contributed by atoms with Gasteiger partial charge in [-0.2, -0.15) is 0 Å². The van der Waals surface area contributed by atoms with Gasteiger partial charge in [0, 0.05) is 6.08 Å². The van der Waals surface area contributed by atoms with Gasteiger partial charge in [-0.25, -0.2) is 9.59 Å². The minimum absolute atomic E-state index is 0.129. The predicted molar refractivity (Wildman–Crippen MR) is 111 cm³/mol. The lowest BCUT2D eigenvalue weighted by Crippen LogP contribution is -2.61. The van der Waals surface area contributed by atoms with Crippen LogP contribution in [0.2, 0.25) is 0 Å². The second-order valence-corrected chi connectivity index (χ2v) is 7.69. The Labute approximate surface area is 189 Å². The number of hydrogen-bond acceptors (Lipinski definition) is 11. The van der Waals surface area contributed by atoms with Crippen LogP contribution in [0.1, 0.15) is 19.4 Å². The van der Waals surface area contributed by atoms with Crippen LogP contribution in [0.5, 0.6) is 17.2 Å². The highest BCUT2D eigenvalue weighted by Crippen LogP contribution is 2.37. The van der Waals surface area contributed by atoms with E-state index in [2.05, 4.69) is 0 Å². The first kappa shape index (κ1) is 26.4. The van der Waals surface area contributed by atoms with Crippen LogP contribution < -0.4 is 9.47 Å². The molecule has 1 aliphatic heterocycles. The lowest BCUT2D eigenvalue weighted by Gasteiger charge is -2.41. The molecule has 0 radical (unpaired) electrons. The number of carboxylic acids is 1. The maximum Gasteiger partial charge on any atom is 0.335 e. The summed E-state index contributed by atoms with van der Waals surface area (Å²) in [5, 5.41) is 49.3. The molecule has 12 heteroatoms. The van der Waals surface area contributed by atoms with Crippen LogP contribution in [-0.4, -0.2) is 94.6 Å². The molecule has 0 bridgehead atoms. The van der Waals surface area contributed by atoms with Crippen LogP contribution in [0.25, 0.3) is 6.08 Å². The van der Waals surface area contributed by atoms with Crippen molar-refractivity contribution in [3.63, 3.8) is 0 Å². The second kappa shape index (κ2) is 10.8. The zero-order valence-electron chi connectivity index (χ0n) is 18.5. The molecule has 1 saturated heterocycles. The van der Waals surface area contributed by atoms with Crippen molar-refractivity contribution in [2.45, 2.75) is 50.2 Å². The van der Waals surface area contributed by atoms with E-state index in [0.29, 0.717) is 5.56 Å². The zero-order valence-corrected chi connectivity index (χ0v) is 18.5. The van der Waals surface area contributed by atoms with Crippen molar-refractivity contribution >= 4 is 18.0 Å². The van der Waals surface area contributed by atoms with Crippen LogP contribution in [0, 0.1) is 0 Å². The smallest absolute Gasteiger partial charge is 0.335 e. The van der Waals surface area contributed by atoms with E-state index in [9.17, 15) is 35.1 Å². The monoisotopic (exact) mass is 472 g/mol. The van der Waals surface area contributed by atoms with Crippen molar-refractivity contribution in [1.82, 2.24) is 0 Å². The molecule has 12 nitrogen and oxygen atoms in total. The number of aromatic hydroxyl groups is 1. The number of aliphatic hydroxyl groups is 3. The molecule has 33 heavy (non-hydrogen) atoms. The normalized spacial score (nSPS) is 25.6. The first-order valence-electron chi connectivity index (χ1n) is 9.82. The summed E-state index contributed by atoms with van der Waals surface area (Å²) < 4.78 is 25.7. The number of aliphatic hydroxyl groups excluding tert-OH is 3. The van der Waals surface area contributed by atoms with Gasteiger partial charge in [0.15, 0.2) is 23.4 Å². The Bertz CT molecular complexity index is 855. The lowest BCUT2D eigenvalue weighted by atomic mass is 9.99. The fourth-order valence-electron chi connectivity index (χ4n) is 2.88. The topological polar surface area (TPSA) is 181 Å². The Kier molecular flexibility index (Phi) is 8.63. The van der Waals surface area contributed by atoms with Gasteiger partial charge in [0.25, 0.3) is 0 Å². The Balaban J connectivity index is 2.04. The van der Waals surface area contributed by atoms with E-state index in [1.807, 2.05) is 0 Å². The standard InChI is InChI=1S/C21H28O12/c1-21(2,20(27)28)33-19-18(26)17(25)16(24)13(32-19)9-31-14(22)6-5-10-7-11(29-3)15(23)12(8-10)30-4/h5-8,13,16-19,23-26H,9H2,1-4H3,(H,27,28)/b6-5+/t13-,16-,17+,18-,19+/m1/s1. The minimum Gasteiger partial charge on any atom is -0.502 e. The molecule has 1 fully saturated rings. The predicted octanol–water partition coefficient (Wildman–Crippen LogP) is -0.347. The summed E-state index contributed by atoms with van der Waals surface area (Å²) in [6, 6.07) is 2.92. The van der Waals surface area contributed by atoms with Gasteiger partial charge in [-0.1, -0.05) is 0 Å². The van der Waals surface area contributed by atoms with Gasteiger partial charge in [0.1, 0.15) is 31.0 Å². The number of rotatable bonds is 9. The molecule has 2 rings (SSSR count). The summed E-state index contributed by atoms with van der Waals surface area (Å²) in [4.78, 5) is 23.4. The van der Waals surface area contributed by atoms with E-state index >= 15 is 0 Å². The summed E-state index contributed by atoms with van der Waals surface area (Å²) in [5.74, 6) is -2.12. The fourth-order valence-corrected chi connectivity index (χ4v) is 2.88. The molecule has 1 heterocycles. The van der Waals surface area contributed by atoms with Crippen molar-refractivity contribution in [1.29, 1.82) is 0 Å². The van der Waals surface area contributed by atoms with E-state index in [1.165, 1.54) is 46.3 Å². The zero-order chi connectivity index (χ0) is 24.9. The third-order valence-electron chi connectivity index (χ3n) is 4.90. The lowest BCUT2D eigenvalue weighted by molar-refractivity contribution is -0.320. The van der Waals surface area contributed by atoms with Gasteiger partial charge in [-0.3, -0.25) is 0 Å². The average Bonchev–Trinajstić information content (AvgIpc) is 2.77. The van der Waals surface area contributed by atoms with Gasteiger partial charge in [0.05, 0.1) is 14.2 Å². The molecule has 0 aromatic heterocycles. The minimum atomic E-state index is -1.76. The molecule has 1 aliphatic rings. The Morgan fingerprint density at radius 2 is 1.64 bits per heavy atom. The second-order valence-electron chi connectivity index (χ2n) is 7.69. The third-order valence-corrected chi connectivity index (χ3v) is 4.90.